The Morgan fingerprint density at radius 2 is 2.00 bits per heavy atom. The predicted molar refractivity (Wildman–Crippen MR) is 103 cm³/mol. The molecule has 1 saturated heterocycles. The first kappa shape index (κ1) is 18.9. The first-order valence-electron chi connectivity index (χ1n) is 8.43. The Labute approximate surface area is 160 Å². The van der Waals surface area contributed by atoms with Gasteiger partial charge in [-0.3, -0.25) is 24.6 Å². The summed E-state index contributed by atoms with van der Waals surface area (Å²) in [4.78, 5) is 36.5. The number of hydrogen-bond donors (Lipinski definition) is 0. The molecule has 0 aliphatic carbocycles. The number of hydrogen-bond acceptors (Lipinski definition) is 6. The number of carbonyl (C=O) groups is 2. The lowest BCUT2D eigenvalue weighted by atomic mass is 10.0. The second-order valence-corrected chi connectivity index (χ2v) is 7.22. The van der Waals surface area contributed by atoms with E-state index in [4.69, 9.17) is 4.42 Å². The monoisotopic (exact) mass is 386 g/mol. The van der Waals surface area contributed by atoms with Crippen molar-refractivity contribution in [2.75, 3.05) is 6.54 Å². The number of nitrogens with zero attached hydrogens (tertiary/aromatic N) is 2. The van der Waals surface area contributed by atoms with Gasteiger partial charge in [0.1, 0.15) is 11.5 Å². The number of amides is 2. The van der Waals surface area contributed by atoms with Gasteiger partial charge in [0.15, 0.2) is 0 Å². The van der Waals surface area contributed by atoms with E-state index >= 15 is 0 Å². The number of thioether (sulfide) groups is 1. The van der Waals surface area contributed by atoms with E-state index in [2.05, 4.69) is 0 Å². The van der Waals surface area contributed by atoms with Crippen LogP contribution in [-0.2, 0) is 4.79 Å². The smallest absolute Gasteiger partial charge is 0.293 e. The molecule has 7 nitrogen and oxygen atoms in total. The molecule has 8 heteroatoms. The van der Waals surface area contributed by atoms with E-state index < -0.39 is 4.92 Å². The summed E-state index contributed by atoms with van der Waals surface area (Å²) in [5.74, 6) is 0.541. The second kappa shape index (κ2) is 7.40. The molecule has 2 amide bonds. The number of carbonyl (C=O) groups excluding carboxylic acids is 2. The number of aryl methyl sites for hydroxylation is 1. The Morgan fingerprint density at radius 1 is 1.26 bits per heavy atom. The highest BCUT2D eigenvalue weighted by molar-refractivity contribution is 8.18. The minimum absolute atomic E-state index is 0.0311. The molecule has 1 aromatic heterocycles. The number of furan rings is 1. The van der Waals surface area contributed by atoms with Gasteiger partial charge in [0.05, 0.1) is 9.83 Å². The molecule has 0 spiro atoms. The highest BCUT2D eigenvalue weighted by Crippen LogP contribution is 2.34. The molecule has 27 heavy (non-hydrogen) atoms. The van der Waals surface area contributed by atoms with Crippen LogP contribution in [0.4, 0.5) is 10.5 Å². The van der Waals surface area contributed by atoms with E-state index in [0.717, 1.165) is 17.3 Å². The van der Waals surface area contributed by atoms with Crippen LogP contribution in [0.25, 0.3) is 17.4 Å². The molecule has 0 N–H and O–H groups in total. The molecule has 2 aromatic rings. The van der Waals surface area contributed by atoms with Gasteiger partial charge in [-0.25, -0.2) is 0 Å². The quantitative estimate of drug-likeness (QED) is 0.411. The molecule has 3 rings (SSSR count). The van der Waals surface area contributed by atoms with Crippen LogP contribution in [0.2, 0.25) is 0 Å². The van der Waals surface area contributed by atoms with E-state index in [9.17, 15) is 19.7 Å². The Bertz CT molecular complexity index is 976. The number of benzene rings is 1. The number of rotatable bonds is 5. The zero-order valence-corrected chi connectivity index (χ0v) is 16.0. The standard InChI is InChI=1S/C19H18N2O5S/c1-4-7-20-18(22)17(27-19(20)23)10-14-5-6-16(26-14)13-8-11(2)12(3)15(9-13)21(24)25/h5-6,8-10H,4,7H2,1-3H3/b17-10+. The fourth-order valence-electron chi connectivity index (χ4n) is 2.80. The average Bonchev–Trinajstić information content (AvgIpc) is 3.18. The molecule has 0 unspecified atom stereocenters. The van der Waals surface area contributed by atoms with Crippen LogP contribution in [0, 0.1) is 24.0 Å². The van der Waals surface area contributed by atoms with Gasteiger partial charge < -0.3 is 4.42 Å². The van der Waals surface area contributed by atoms with E-state index in [1.54, 1.807) is 26.0 Å². The van der Waals surface area contributed by atoms with Crippen molar-refractivity contribution in [1.29, 1.82) is 0 Å². The van der Waals surface area contributed by atoms with Gasteiger partial charge in [0.2, 0.25) is 0 Å². The Balaban J connectivity index is 1.91. The Hall–Kier alpha value is -2.87. The van der Waals surface area contributed by atoms with Crippen molar-refractivity contribution in [1.82, 2.24) is 4.90 Å². The van der Waals surface area contributed by atoms with E-state index in [-0.39, 0.29) is 16.8 Å². The van der Waals surface area contributed by atoms with Crippen molar-refractivity contribution in [2.24, 2.45) is 0 Å². The lowest BCUT2D eigenvalue weighted by Gasteiger charge is -2.09. The summed E-state index contributed by atoms with van der Waals surface area (Å²) in [5, 5.41) is 10.9. The molecule has 1 aromatic carbocycles. The minimum atomic E-state index is -0.417. The molecule has 0 atom stereocenters. The maximum absolute atomic E-state index is 12.3. The van der Waals surface area contributed by atoms with Crippen molar-refractivity contribution in [3.8, 4) is 11.3 Å². The van der Waals surface area contributed by atoms with Crippen LogP contribution < -0.4 is 0 Å². The lowest BCUT2D eigenvalue weighted by Crippen LogP contribution is -2.28. The zero-order valence-electron chi connectivity index (χ0n) is 15.1. The van der Waals surface area contributed by atoms with Crippen LogP contribution in [-0.4, -0.2) is 27.5 Å². The SMILES string of the molecule is CCCN1C(=O)S/C(=C/c2ccc(-c3cc(C)c(C)c([N+](=O)[O-])c3)o2)C1=O. The molecule has 140 valence electrons. The summed E-state index contributed by atoms with van der Waals surface area (Å²) in [6.45, 7) is 5.79. The van der Waals surface area contributed by atoms with Crippen LogP contribution in [0.5, 0.6) is 0 Å². The van der Waals surface area contributed by atoms with E-state index in [1.807, 2.05) is 13.0 Å². The molecule has 0 bridgehead atoms. The summed E-state index contributed by atoms with van der Waals surface area (Å²) >= 11 is 0.882. The first-order chi connectivity index (χ1) is 12.8. The molecule has 1 fully saturated rings. The van der Waals surface area contributed by atoms with Crippen molar-refractivity contribution in [3.63, 3.8) is 0 Å². The van der Waals surface area contributed by atoms with Gasteiger partial charge in [-0.1, -0.05) is 6.92 Å². The number of nitro groups is 1. The maximum Gasteiger partial charge on any atom is 0.293 e. The topological polar surface area (TPSA) is 93.7 Å². The van der Waals surface area contributed by atoms with Gasteiger partial charge in [-0.05, 0) is 55.8 Å². The van der Waals surface area contributed by atoms with Crippen molar-refractivity contribution in [2.45, 2.75) is 27.2 Å². The van der Waals surface area contributed by atoms with Gasteiger partial charge in [-0.2, -0.15) is 0 Å². The number of nitro benzene ring substituents is 1. The summed E-state index contributed by atoms with van der Waals surface area (Å²) in [6.07, 6.45) is 2.22. The van der Waals surface area contributed by atoms with Gasteiger partial charge in [-0.15, -0.1) is 0 Å². The summed E-state index contributed by atoms with van der Waals surface area (Å²) in [7, 11) is 0. The maximum atomic E-state index is 12.3. The second-order valence-electron chi connectivity index (χ2n) is 6.23. The first-order valence-corrected chi connectivity index (χ1v) is 9.24. The van der Waals surface area contributed by atoms with Gasteiger partial charge in [0.25, 0.3) is 16.8 Å². The summed E-state index contributed by atoms with van der Waals surface area (Å²) in [6, 6.07) is 6.65. The molecule has 0 saturated carbocycles. The average molecular weight is 386 g/mol. The molecule has 0 radical (unpaired) electrons. The third-order valence-corrected chi connectivity index (χ3v) is 5.25. The molecule has 1 aliphatic rings. The summed E-state index contributed by atoms with van der Waals surface area (Å²) in [5.41, 5.74) is 2.02. The van der Waals surface area contributed by atoms with E-state index in [1.165, 1.54) is 17.0 Å². The third kappa shape index (κ3) is 3.66. The van der Waals surface area contributed by atoms with Gasteiger partial charge in [0, 0.05) is 29.8 Å². The fraction of sp³-hybridized carbons (Fsp3) is 0.263. The molecule has 1 aliphatic heterocycles. The van der Waals surface area contributed by atoms with Crippen molar-refractivity contribution in [3.05, 3.63) is 56.2 Å². The van der Waals surface area contributed by atoms with Crippen LogP contribution >= 0.6 is 11.8 Å². The summed E-state index contributed by atoms with van der Waals surface area (Å²) < 4.78 is 5.75. The molecular weight excluding hydrogens is 368 g/mol. The third-order valence-electron chi connectivity index (χ3n) is 4.34. The van der Waals surface area contributed by atoms with Crippen LogP contribution in [0.15, 0.2) is 33.6 Å². The predicted octanol–water partition coefficient (Wildman–Crippen LogP) is 4.92. The highest BCUT2D eigenvalue weighted by atomic mass is 32.2. The van der Waals surface area contributed by atoms with Crippen molar-refractivity contribution < 1.29 is 18.9 Å². The van der Waals surface area contributed by atoms with Crippen molar-refractivity contribution >= 4 is 34.7 Å². The van der Waals surface area contributed by atoms with Crippen LogP contribution in [0.1, 0.15) is 30.2 Å². The fourth-order valence-corrected chi connectivity index (χ4v) is 3.65. The van der Waals surface area contributed by atoms with E-state index in [0.29, 0.717) is 40.5 Å². The number of imide groups is 1. The molecular formula is C19H18N2O5S. The normalized spacial score (nSPS) is 15.8. The molecule has 2 heterocycles. The van der Waals surface area contributed by atoms with Gasteiger partial charge >= 0.3 is 0 Å². The largest absolute Gasteiger partial charge is 0.457 e. The highest BCUT2D eigenvalue weighted by Gasteiger charge is 2.34. The Morgan fingerprint density at radius 3 is 2.67 bits per heavy atom. The minimum Gasteiger partial charge on any atom is -0.457 e. The van der Waals surface area contributed by atoms with Crippen LogP contribution in [0.3, 0.4) is 0 Å². The zero-order chi connectivity index (χ0) is 19.7. The Kier molecular flexibility index (Phi) is 5.18. The lowest BCUT2D eigenvalue weighted by molar-refractivity contribution is -0.385.